The summed E-state index contributed by atoms with van der Waals surface area (Å²) in [5, 5.41) is 8.56. The average Bonchev–Trinajstić information content (AvgIpc) is 2.33. The lowest BCUT2D eigenvalue weighted by molar-refractivity contribution is 0.170. The second-order valence-corrected chi connectivity index (χ2v) is 7.02. The molecule has 0 spiro atoms. The highest BCUT2D eigenvalue weighted by Gasteiger charge is 2.23. The molecule has 0 amide bonds. The molecule has 5 nitrogen and oxygen atoms in total. The van der Waals surface area contributed by atoms with Crippen LogP contribution in [0.25, 0.3) is 0 Å². The van der Waals surface area contributed by atoms with Crippen molar-refractivity contribution in [1.82, 2.24) is 10.2 Å². The molecule has 6 heteroatoms. The van der Waals surface area contributed by atoms with Crippen LogP contribution in [0.5, 0.6) is 0 Å². The first kappa shape index (κ1) is 15.9. The minimum Gasteiger partial charge on any atom is -0.314 e. The SMILES string of the molecule is CCCNC(C)C1CCN(CCS(N)(=O)=O)CC1. The van der Waals surface area contributed by atoms with E-state index in [-0.39, 0.29) is 5.75 Å². The molecule has 3 N–H and O–H groups in total. The number of rotatable bonds is 7. The van der Waals surface area contributed by atoms with Gasteiger partial charge in [-0.15, -0.1) is 0 Å². The van der Waals surface area contributed by atoms with E-state index in [1.807, 2.05) is 0 Å². The number of hydrogen-bond acceptors (Lipinski definition) is 4. The second kappa shape index (κ2) is 7.43. The Morgan fingerprint density at radius 3 is 2.50 bits per heavy atom. The Morgan fingerprint density at radius 1 is 1.39 bits per heavy atom. The summed E-state index contributed by atoms with van der Waals surface area (Å²) in [5.74, 6) is 0.781. The molecule has 0 bridgehead atoms. The zero-order valence-electron chi connectivity index (χ0n) is 11.6. The summed E-state index contributed by atoms with van der Waals surface area (Å²) in [6, 6.07) is 0.561. The molecule has 1 unspecified atom stereocenters. The third-order valence-electron chi connectivity index (χ3n) is 3.75. The van der Waals surface area contributed by atoms with E-state index >= 15 is 0 Å². The molecule has 1 atom stereocenters. The van der Waals surface area contributed by atoms with Crippen LogP contribution in [0, 0.1) is 5.92 Å². The minimum absolute atomic E-state index is 0.0707. The smallest absolute Gasteiger partial charge is 0.210 e. The Labute approximate surface area is 111 Å². The molecular weight excluding hydrogens is 250 g/mol. The summed E-state index contributed by atoms with van der Waals surface area (Å²) < 4.78 is 21.8. The molecule has 1 heterocycles. The lowest BCUT2D eigenvalue weighted by Crippen LogP contribution is -2.43. The van der Waals surface area contributed by atoms with Gasteiger partial charge in [-0.3, -0.25) is 0 Å². The summed E-state index contributed by atoms with van der Waals surface area (Å²) in [6.45, 7) is 8.04. The lowest BCUT2D eigenvalue weighted by atomic mass is 9.90. The third kappa shape index (κ3) is 6.13. The Balaban J connectivity index is 2.24. The van der Waals surface area contributed by atoms with Gasteiger partial charge in [0.1, 0.15) is 0 Å². The second-order valence-electron chi connectivity index (χ2n) is 5.29. The van der Waals surface area contributed by atoms with E-state index in [0.717, 1.165) is 38.9 Å². The fraction of sp³-hybridized carbons (Fsp3) is 1.00. The molecule has 108 valence electrons. The van der Waals surface area contributed by atoms with Crippen molar-refractivity contribution in [3.8, 4) is 0 Å². The molecule has 1 aliphatic rings. The third-order valence-corrected chi connectivity index (χ3v) is 4.50. The van der Waals surface area contributed by atoms with E-state index in [2.05, 4.69) is 24.1 Å². The molecule has 0 aromatic carbocycles. The maximum atomic E-state index is 10.9. The first-order valence-electron chi connectivity index (χ1n) is 6.88. The van der Waals surface area contributed by atoms with Crippen molar-refractivity contribution < 1.29 is 8.42 Å². The van der Waals surface area contributed by atoms with Gasteiger partial charge in [0.2, 0.25) is 10.0 Å². The summed E-state index contributed by atoms with van der Waals surface area (Å²) in [5.41, 5.74) is 0. The fourth-order valence-electron chi connectivity index (χ4n) is 2.47. The van der Waals surface area contributed by atoms with Crippen molar-refractivity contribution in [3.05, 3.63) is 0 Å². The van der Waals surface area contributed by atoms with E-state index in [1.54, 1.807) is 0 Å². The molecule has 0 aromatic heterocycles. The maximum Gasteiger partial charge on any atom is 0.210 e. The summed E-state index contributed by atoms with van der Waals surface area (Å²) in [6.07, 6.45) is 3.45. The highest BCUT2D eigenvalue weighted by molar-refractivity contribution is 7.89. The molecule has 0 radical (unpaired) electrons. The summed E-state index contributed by atoms with van der Waals surface area (Å²) in [4.78, 5) is 2.20. The van der Waals surface area contributed by atoms with Gasteiger partial charge < -0.3 is 10.2 Å². The number of sulfonamides is 1. The molecule has 0 aliphatic carbocycles. The van der Waals surface area contributed by atoms with Crippen LogP contribution < -0.4 is 10.5 Å². The Bertz CT molecular complexity index is 324. The molecule has 18 heavy (non-hydrogen) atoms. The number of primary sulfonamides is 1. The Kier molecular flexibility index (Phi) is 6.55. The van der Waals surface area contributed by atoms with Gasteiger partial charge in [0.25, 0.3) is 0 Å². The van der Waals surface area contributed by atoms with Gasteiger partial charge in [-0.1, -0.05) is 6.92 Å². The molecule has 1 rings (SSSR count). The van der Waals surface area contributed by atoms with Crippen LogP contribution in [0.3, 0.4) is 0 Å². The number of nitrogens with two attached hydrogens (primary N) is 1. The van der Waals surface area contributed by atoms with E-state index in [0.29, 0.717) is 18.5 Å². The monoisotopic (exact) mass is 277 g/mol. The number of piperidine rings is 1. The van der Waals surface area contributed by atoms with Crippen molar-refractivity contribution in [2.24, 2.45) is 11.1 Å². The predicted octanol–water partition coefficient (Wildman–Crippen LogP) is 0.375. The lowest BCUT2D eigenvalue weighted by Gasteiger charge is -2.35. The van der Waals surface area contributed by atoms with Crippen LogP contribution in [0.4, 0.5) is 0 Å². The van der Waals surface area contributed by atoms with Crippen LogP contribution in [0.1, 0.15) is 33.1 Å². The molecular formula is C12H27N3O2S. The zero-order valence-corrected chi connectivity index (χ0v) is 12.4. The van der Waals surface area contributed by atoms with Gasteiger partial charge in [-0.25, -0.2) is 13.6 Å². The number of likely N-dealkylation sites (tertiary alicyclic amines) is 1. The van der Waals surface area contributed by atoms with Crippen molar-refractivity contribution in [1.29, 1.82) is 0 Å². The summed E-state index contributed by atoms with van der Waals surface area (Å²) >= 11 is 0. The van der Waals surface area contributed by atoms with E-state index in [4.69, 9.17) is 5.14 Å². The molecule has 0 aromatic rings. The topological polar surface area (TPSA) is 75.4 Å². The minimum atomic E-state index is -3.32. The molecule has 1 fully saturated rings. The van der Waals surface area contributed by atoms with Crippen molar-refractivity contribution in [2.45, 2.75) is 39.2 Å². The van der Waals surface area contributed by atoms with Gasteiger partial charge in [0.15, 0.2) is 0 Å². The highest BCUT2D eigenvalue weighted by atomic mass is 32.2. The quantitative estimate of drug-likeness (QED) is 0.705. The van der Waals surface area contributed by atoms with Crippen LogP contribution in [0.2, 0.25) is 0 Å². The summed E-state index contributed by atoms with van der Waals surface area (Å²) in [7, 11) is -3.32. The van der Waals surface area contributed by atoms with Crippen molar-refractivity contribution in [3.63, 3.8) is 0 Å². The van der Waals surface area contributed by atoms with Gasteiger partial charge in [-0.05, 0) is 51.7 Å². The predicted molar refractivity (Wildman–Crippen MR) is 74.9 cm³/mol. The maximum absolute atomic E-state index is 10.9. The standard InChI is InChI=1S/C12H27N3O2S/c1-3-6-14-11(2)12-4-7-15(8-5-12)9-10-18(13,16)17/h11-12,14H,3-10H2,1-2H3,(H2,13,16,17). The highest BCUT2D eigenvalue weighted by Crippen LogP contribution is 2.20. The normalized spacial score (nSPS) is 21.1. The molecule has 1 saturated heterocycles. The van der Waals surface area contributed by atoms with E-state index in [1.165, 1.54) is 0 Å². The van der Waals surface area contributed by atoms with E-state index in [9.17, 15) is 8.42 Å². The molecule has 1 aliphatic heterocycles. The molecule has 0 saturated carbocycles. The van der Waals surface area contributed by atoms with Gasteiger partial charge in [-0.2, -0.15) is 0 Å². The first-order valence-corrected chi connectivity index (χ1v) is 8.60. The number of nitrogens with zero attached hydrogens (tertiary/aromatic N) is 1. The van der Waals surface area contributed by atoms with Gasteiger partial charge in [0, 0.05) is 12.6 Å². The number of nitrogens with one attached hydrogen (secondary N) is 1. The fourth-order valence-corrected chi connectivity index (χ4v) is 2.98. The van der Waals surface area contributed by atoms with Crippen molar-refractivity contribution in [2.75, 3.05) is 31.9 Å². The van der Waals surface area contributed by atoms with Crippen LogP contribution >= 0.6 is 0 Å². The van der Waals surface area contributed by atoms with Gasteiger partial charge in [0.05, 0.1) is 5.75 Å². The van der Waals surface area contributed by atoms with E-state index < -0.39 is 10.0 Å². The van der Waals surface area contributed by atoms with Crippen LogP contribution in [-0.2, 0) is 10.0 Å². The van der Waals surface area contributed by atoms with Crippen LogP contribution in [-0.4, -0.2) is 51.3 Å². The Morgan fingerprint density at radius 2 is 2.00 bits per heavy atom. The first-order chi connectivity index (χ1) is 8.42. The number of hydrogen-bond donors (Lipinski definition) is 2. The van der Waals surface area contributed by atoms with Crippen molar-refractivity contribution >= 4 is 10.0 Å². The van der Waals surface area contributed by atoms with Crippen LogP contribution in [0.15, 0.2) is 0 Å². The Hall–Kier alpha value is -0.170. The van der Waals surface area contributed by atoms with Gasteiger partial charge >= 0.3 is 0 Å². The largest absolute Gasteiger partial charge is 0.314 e. The zero-order chi connectivity index (χ0) is 13.6. The average molecular weight is 277 g/mol.